The number of hydrogen-bond acceptors (Lipinski definition) is 6. The van der Waals surface area contributed by atoms with Crippen LogP contribution in [0.5, 0.6) is 0 Å². The lowest BCUT2D eigenvalue weighted by Gasteiger charge is -2.06. The standard InChI is InChI=1S/C12H7ClN4O5/c13-11-8(2-1-5-14-11)12(18)15-9-4-3-7(16(19)20)6-10(9)17(21)22/h1-6H,(H,15,18). The van der Waals surface area contributed by atoms with Gasteiger partial charge >= 0.3 is 0 Å². The summed E-state index contributed by atoms with van der Waals surface area (Å²) in [6.45, 7) is 0. The van der Waals surface area contributed by atoms with Crippen LogP contribution in [-0.2, 0) is 0 Å². The second-order valence-electron chi connectivity index (χ2n) is 4.01. The van der Waals surface area contributed by atoms with Crippen LogP contribution in [0, 0.1) is 20.2 Å². The van der Waals surface area contributed by atoms with Gasteiger partial charge in [-0.15, -0.1) is 0 Å². The molecular formula is C12H7ClN4O5. The normalized spacial score (nSPS) is 10.0. The van der Waals surface area contributed by atoms with Crippen molar-refractivity contribution < 1.29 is 14.6 Å². The lowest BCUT2D eigenvalue weighted by molar-refractivity contribution is -0.393. The van der Waals surface area contributed by atoms with Crippen LogP contribution >= 0.6 is 11.6 Å². The van der Waals surface area contributed by atoms with Crippen LogP contribution < -0.4 is 5.32 Å². The average Bonchev–Trinajstić information content (AvgIpc) is 2.47. The maximum Gasteiger partial charge on any atom is 0.299 e. The van der Waals surface area contributed by atoms with E-state index in [1.807, 2.05) is 0 Å². The zero-order chi connectivity index (χ0) is 16.3. The molecule has 0 aliphatic heterocycles. The number of carbonyl (C=O) groups excluding carboxylic acids is 1. The van der Waals surface area contributed by atoms with Gasteiger partial charge in [0.25, 0.3) is 17.3 Å². The summed E-state index contributed by atoms with van der Waals surface area (Å²) >= 11 is 5.76. The molecule has 112 valence electrons. The van der Waals surface area contributed by atoms with Crippen molar-refractivity contribution in [2.75, 3.05) is 5.32 Å². The van der Waals surface area contributed by atoms with E-state index in [1.165, 1.54) is 18.3 Å². The number of nitro benzene ring substituents is 2. The molecule has 1 amide bonds. The summed E-state index contributed by atoms with van der Waals surface area (Å²) < 4.78 is 0. The third-order valence-corrected chi connectivity index (χ3v) is 2.94. The molecule has 0 bridgehead atoms. The molecule has 0 radical (unpaired) electrons. The molecule has 0 atom stereocenters. The Bertz CT molecular complexity index is 780. The highest BCUT2D eigenvalue weighted by Gasteiger charge is 2.22. The van der Waals surface area contributed by atoms with Crippen molar-refractivity contribution in [2.45, 2.75) is 0 Å². The van der Waals surface area contributed by atoms with E-state index in [0.29, 0.717) is 0 Å². The van der Waals surface area contributed by atoms with Gasteiger partial charge < -0.3 is 5.32 Å². The summed E-state index contributed by atoms with van der Waals surface area (Å²) in [7, 11) is 0. The third-order valence-electron chi connectivity index (χ3n) is 2.64. The zero-order valence-corrected chi connectivity index (χ0v) is 11.5. The number of carbonyl (C=O) groups is 1. The Labute approximate surface area is 127 Å². The van der Waals surface area contributed by atoms with Crippen molar-refractivity contribution in [3.63, 3.8) is 0 Å². The molecule has 9 nitrogen and oxygen atoms in total. The minimum absolute atomic E-state index is 0.0248. The molecule has 0 fully saturated rings. The van der Waals surface area contributed by atoms with Gasteiger partial charge in [0.15, 0.2) is 0 Å². The third kappa shape index (κ3) is 3.15. The molecule has 10 heteroatoms. The van der Waals surface area contributed by atoms with Gasteiger partial charge in [-0.1, -0.05) is 11.6 Å². The molecule has 0 spiro atoms. The Kier molecular flexibility index (Phi) is 4.28. The number of pyridine rings is 1. The lowest BCUT2D eigenvalue weighted by atomic mass is 10.2. The first-order chi connectivity index (χ1) is 10.4. The summed E-state index contributed by atoms with van der Waals surface area (Å²) in [5.74, 6) is -0.713. The van der Waals surface area contributed by atoms with E-state index >= 15 is 0 Å². The number of amides is 1. The van der Waals surface area contributed by atoms with Crippen molar-refractivity contribution in [1.29, 1.82) is 0 Å². The second-order valence-corrected chi connectivity index (χ2v) is 4.37. The van der Waals surface area contributed by atoms with Crippen LogP contribution in [0.25, 0.3) is 0 Å². The van der Waals surface area contributed by atoms with E-state index in [0.717, 1.165) is 18.2 Å². The van der Waals surface area contributed by atoms with E-state index in [-0.39, 0.29) is 16.4 Å². The van der Waals surface area contributed by atoms with E-state index in [4.69, 9.17) is 11.6 Å². The van der Waals surface area contributed by atoms with Crippen LogP contribution in [-0.4, -0.2) is 20.7 Å². The highest BCUT2D eigenvalue weighted by atomic mass is 35.5. The number of hydrogen-bond donors (Lipinski definition) is 1. The maximum absolute atomic E-state index is 12.0. The first-order valence-corrected chi connectivity index (χ1v) is 6.12. The van der Waals surface area contributed by atoms with Gasteiger partial charge in [0.2, 0.25) is 0 Å². The minimum Gasteiger partial charge on any atom is -0.316 e. The minimum atomic E-state index is -0.826. The fraction of sp³-hybridized carbons (Fsp3) is 0. The van der Waals surface area contributed by atoms with Crippen LogP contribution in [0.15, 0.2) is 36.5 Å². The average molecular weight is 323 g/mol. The number of halogens is 1. The number of nitrogens with one attached hydrogen (secondary N) is 1. The molecular weight excluding hydrogens is 316 g/mol. The molecule has 1 N–H and O–H groups in total. The number of rotatable bonds is 4. The maximum atomic E-state index is 12.0. The molecule has 2 aromatic rings. The Morgan fingerprint density at radius 1 is 1.18 bits per heavy atom. The molecule has 0 aliphatic carbocycles. The van der Waals surface area contributed by atoms with Gasteiger partial charge in [-0.25, -0.2) is 4.98 Å². The highest BCUT2D eigenvalue weighted by Crippen LogP contribution is 2.29. The topological polar surface area (TPSA) is 128 Å². The molecule has 22 heavy (non-hydrogen) atoms. The van der Waals surface area contributed by atoms with E-state index in [2.05, 4.69) is 10.3 Å². The first kappa shape index (κ1) is 15.3. The van der Waals surface area contributed by atoms with Crippen molar-refractivity contribution >= 4 is 34.6 Å². The van der Waals surface area contributed by atoms with Crippen LogP contribution in [0.2, 0.25) is 5.15 Å². The SMILES string of the molecule is O=C(Nc1ccc([N+](=O)[O-])cc1[N+](=O)[O-])c1cccnc1Cl. The molecule has 0 saturated heterocycles. The fourth-order valence-corrected chi connectivity index (χ4v) is 1.84. The first-order valence-electron chi connectivity index (χ1n) is 5.75. The largest absolute Gasteiger partial charge is 0.316 e. The summed E-state index contributed by atoms with van der Waals surface area (Å²) in [5, 5.41) is 23.8. The summed E-state index contributed by atoms with van der Waals surface area (Å²) in [6.07, 6.45) is 1.38. The molecule has 0 aliphatic rings. The number of nitro groups is 2. The predicted molar refractivity (Wildman–Crippen MR) is 77.0 cm³/mol. The molecule has 1 heterocycles. The van der Waals surface area contributed by atoms with Gasteiger partial charge in [0, 0.05) is 12.3 Å². The fourth-order valence-electron chi connectivity index (χ4n) is 1.64. The van der Waals surface area contributed by atoms with Gasteiger partial charge in [0.1, 0.15) is 10.8 Å². The van der Waals surface area contributed by atoms with Gasteiger partial charge in [-0.05, 0) is 18.2 Å². The van der Waals surface area contributed by atoms with Crippen LogP contribution in [0.1, 0.15) is 10.4 Å². The van der Waals surface area contributed by atoms with Crippen molar-refractivity contribution in [2.24, 2.45) is 0 Å². The lowest BCUT2D eigenvalue weighted by Crippen LogP contribution is -2.14. The number of anilines is 1. The van der Waals surface area contributed by atoms with E-state index in [9.17, 15) is 25.0 Å². The molecule has 0 saturated carbocycles. The van der Waals surface area contributed by atoms with Crippen LogP contribution in [0.4, 0.5) is 17.1 Å². The Morgan fingerprint density at radius 2 is 1.91 bits per heavy atom. The number of non-ortho nitro benzene ring substituents is 1. The van der Waals surface area contributed by atoms with Gasteiger partial charge in [-0.3, -0.25) is 25.0 Å². The molecule has 0 unspecified atom stereocenters. The van der Waals surface area contributed by atoms with Crippen LogP contribution in [0.3, 0.4) is 0 Å². The monoisotopic (exact) mass is 322 g/mol. The summed E-state index contributed by atoms with van der Waals surface area (Å²) in [5.41, 5.74) is -1.20. The smallest absolute Gasteiger partial charge is 0.299 e. The quantitative estimate of drug-likeness (QED) is 0.523. The Hall–Kier alpha value is -3.07. The molecule has 1 aromatic heterocycles. The number of benzene rings is 1. The zero-order valence-electron chi connectivity index (χ0n) is 10.7. The van der Waals surface area contributed by atoms with Gasteiger partial charge in [0.05, 0.1) is 21.5 Å². The molecule has 2 rings (SSSR count). The Morgan fingerprint density at radius 3 is 2.50 bits per heavy atom. The summed E-state index contributed by atoms with van der Waals surface area (Å²) in [4.78, 5) is 35.8. The molecule has 1 aromatic carbocycles. The van der Waals surface area contributed by atoms with Crippen molar-refractivity contribution in [1.82, 2.24) is 4.98 Å². The van der Waals surface area contributed by atoms with Gasteiger partial charge in [-0.2, -0.15) is 0 Å². The highest BCUT2D eigenvalue weighted by molar-refractivity contribution is 6.33. The van der Waals surface area contributed by atoms with E-state index < -0.39 is 27.1 Å². The number of aromatic nitrogens is 1. The number of nitrogens with zero attached hydrogens (tertiary/aromatic N) is 3. The van der Waals surface area contributed by atoms with Crippen molar-refractivity contribution in [3.05, 3.63) is 67.5 Å². The predicted octanol–water partition coefficient (Wildman–Crippen LogP) is 2.80. The Balaban J connectivity index is 2.37. The van der Waals surface area contributed by atoms with Crippen molar-refractivity contribution in [3.8, 4) is 0 Å². The second kappa shape index (κ2) is 6.14. The van der Waals surface area contributed by atoms with E-state index in [1.54, 1.807) is 0 Å². The summed E-state index contributed by atoms with van der Waals surface area (Å²) in [6, 6.07) is 5.76.